The van der Waals surface area contributed by atoms with Crippen molar-refractivity contribution >= 4 is 34.3 Å². The SMILES string of the molecule is O=C(CCN1C(=O)c2ccccc2N2C(=O)c3ccccc3[C@@H]12)NCCn1cnc2ccccc2c1=O. The number of amides is 3. The van der Waals surface area contributed by atoms with Crippen LogP contribution in [-0.2, 0) is 11.3 Å². The van der Waals surface area contributed by atoms with Gasteiger partial charge in [-0.3, -0.25) is 28.6 Å². The Morgan fingerprint density at radius 1 is 0.838 bits per heavy atom. The minimum atomic E-state index is -0.596. The number of para-hydroxylation sites is 2. The summed E-state index contributed by atoms with van der Waals surface area (Å²) in [5.74, 6) is -0.634. The zero-order valence-electron chi connectivity index (χ0n) is 19.8. The molecule has 2 aliphatic heterocycles. The van der Waals surface area contributed by atoms with Crippen LogP contribution in [-0.4, -0.2) is 45.3 Å². The summed E-state index contributed by atoms with van der Waals surface area (Å²) in [7, 11) is 0. The lowest BCUT2D eigenvalue weighted by molar-refractivity contribution is -0.121. The van der Waals surface area contributed by atoms with Gasteiger partial charge in [0.2, 0.25) is 5.91 Å². The van der Waals surface area contributed by atoms with Crippen molar-refractivity contribution in [1.29, 1.82) is 0 Å². The fourth-order valence-electron chi connectivity index (χ4n) is 5.09. The van der Waals surface area contributed by atoms with Crippen LogP contribution in [0.4, 0.5) is 5.69 Å². The van der Waals surface area contributed by atoms with Crippen molar-refractivity contribution in [2.24, 2.45) is 0 Å². The van der Waals surface area contributed by atoms with E-state index in [1.165, 1.54) is 10.9 Å². The van der Waals surface area contributed by atoms with Crippen LogP contribution in [0.1, 0.15) is 38.9 Å². The van der Waals surface area contributed by atoms with Gasteiger partial charge in [-0.1, -0.05) is 42.5 Å². The highest BCUT2D eigenvalue weighted by Crippen LogP contribution is 2.45. The van der Waals surface area contributed by atoms with Gasteiger partial charge >= 0.3 is 0 Å². The lowest BCUT2D eigenvalue weighted by atomic mass is 10.0. The van der Waals surface area contributed by atoms with E-state index in [1.54, 1.807) is 64.4 Å². The number of benzene rings is 3. The molecule has 2 aliphatic rings. The molecule has 1 aromatic heterocycles. The highest BCUT2D eigenvalue weighted by Gasteiger charge is 2.47. The van der Waals surface area contributed by atoms with Gasteiger partial charge < -0.3 is 10.2 Å². The molecule has 0 saturated carbocycles. The Hall–Kier alpha value is -4.79. The molecule has 3 aromatic carbocycles. The lowest BCUT2D eigenvalue weighted by Gasteiger charge is -2.40. The normalized spacial score (nSPS) is 15.9. The van der Waals surface area contributed by atoms with Crippen LogP contribution in [0.15, 0.2) is 83.9 Å². The third kappa shape index (κ3) is 3.76. The first-order valence-corrected chi connectivity index (χ1v) is 12.1. The molecule has 9 nitrogen and oxygen atoms in total. The van der Waals surface area contributed by atoms with Crippen LogP contribution >= 0.6 is 0 Å². The number of hydrogen-bond donors (Lipinski definition) is 1. The van der Waals surface area contributed by atoms with E-state index in [0.717, 1.165) is 5.56 Å². The molecule has 9 heteroatoms. The molecule has 184 valence electrons. The first-order chi connectivity index (χ1) is 18.0. The molecule has 1 atom stereocenters. The molecular formula is C28H23N5O4. The minimum Gasteiger partial charge on any atom is -0.354 e. The number of hydrogen-bond acceptors (Lipinski definition) is 5. The number of anilines is 1. The topological polar surface area (TPSA) is 105 Å². The Labute approximate surface area is 212 Å². The van der Waals surface area contributed by atoms with Gasteiger partial charge in [0.05, 0.1) is 28.5 Å². The zero-order valence-corrected chi connectivity index (χ0v) is 19.8. The molecule has 0 unspecified atom stereocenters. The number of aromatic nitrogens is 2. The van der Waals surface area contributed by atoms with E-state index in [0.29, 0.717) is 27.7 Å². The van der Waals surface area contributed by atoms with Crippen molar-refractivity contribution in [3.8, 4) is 0 Å². The largest absolute Gasteiger partial charge is 0.354 e. The van der Waals surface area contributed by atoms with E-state index in [9.17, 15) is 19.2 Å². The molecule has 37 heavy (non-hydrogen) atoms. The number of carbonyl (C=O) groups is 3. The molecule has 3 amide bonds. The summed E-state index contributed by atoms with van der Waals surface area (Å²) in [5, 5.41) is 3.35. The Kier molecular flexibility index (Phi) is 5.52. The van der Waals surface area contributed by atoms with Gasteiger partial charge in [0, 0.05) is 37.2 Å². The summed E-state index contributed by atoms with van der Waals surface area (Å²) < 4.78 is 1.46. The van der Waals surface area contributed by atoms with E-state index < -0.39 is 6.17 Å². The minimum absolute atomic E-state index is 0.0550. The Bertz CT molecular complexity index is 1630. The second-order valence-corrected chi connectivity index (χ2v) is 9.01. The molecule has 3 heterocycles. The van der Waals surface area contributed by atoms with Gasteiger partial charge in [0.25, 0.3) is 17.4 Å². The van der Waals surface area contributed by atoms with Crippen LogP contribution in [0.2, 0.25) is 0 Å². The first kappa shape index (κ1) is 22.7. The van der Waals surface area contributed by atoms with Crippen LogP contribution in [0.3, 0.4) is 0 Å². The molecule has 0 spiro atoms. The predicted molar refractivity (Wildman–Crippen MR) is 137 cm³/mol. The molecule has 6 rings (SSSR count). The molecule has 0 fully saturated rings. The molecule has 4 aromatic rings. The van der Waals surface area contributed by atoms with E-state index in [-0.39, 0.29) is 49.3 Å². The Morgan fingerprint density at radius 3 is 2.43 bits per heavy atom. The quantitative estimate of drug-likeness (QED) is 0.445. The third-order valence-corrected chi connectivity index (χ3v) is 6.87. The maximum Gasteiger partial charge on any atom is 0.261 e. The molecule has 0 bridgehead atoms. The predicted octanol–water partition coefficient (Wildman–Crippen LogP) is 2.72. The molecule has 0 radical (unpaired) electrons. The van der Waals surface area contributed by atoms with Gasteiger partial charge in [0.15, 0.2) is 0 Å². The summed E-state index contributed by atoms with van der Waals surface area (Å²) in [6.07, 6.45) is 0.935. The third-order valence-electron chi connectivity index (χ3n) is 6.87. The van der Waals surface area contributed by atoms with E-state index in [1.807, 2.05) is 18.2 Å². The smallest absolute Gasteiger partial charge is 0.261 e. The fourth-order valence-corrected chi connectivity index (χ4v) is 5.09. The van der Waals surface area contributed by atoms with Gasteiger partial charge in [-0.05, 0) is 30.3 Å². The Morgan fingerprint density at radius 2 is 1.57 bits per heavy atom. The number of carbonyl (C=O) groups excluding carboxylic acids is 3. The van der Waals surface area contributed by atoms with Crippen LogP contribution in [0.25, 0.3) is 10.9 Å². The van der Waals surface area contributed by atoms with Crippen molar-refractivity contribution in [2.45, 2.75) is 19.1 Å². The van der Waals surface area contributed by atoms with Gasteiger partial charge in [0.1, 0.15) is 6.17 Å². The fraction of sp³-hybridized carbons (Fsp3) is 0.179. The number of nitrogens with one attached hydrogen (secondary N) is 1. The molecular weight excluding hydrogens is 470 g/mol. The monoisotopic (exact) mass is 493 g/mol. The number of nitrogens with zero attached hydrogens (tertiary/aromatic N) is 4. The summed E-state index contributed by atoms with van der Waals surface area (Å²) >= 11 is 0. The van der Waals surface area contributed by atoms with Crippen LogP contribution in [0, 0.1) is 0 Å². The highest BCUT2D eigenvalue weighted by molar-refractivity contribution is 6.16. The lowest BCUT2D eigenvalue weighted by Crippen LogP contribution is -2.49. The zero-order chi connectivity index (χ0) is 25.5. The van der Waals surface area contributed by atoms with Crippen LogP contribution < -0.4 is 15.8 Å². The second kappa shape index (κ2) is 9.02. The maximum absolute atomic E-state index is 13.4. The standard InChI is InChI=1S/C28H23N5O4/c34-24(29-14-16-31-17-30-22-11-5-3-9-20(22)26(31)35)13-15-32-25-18-7-1-2-8-19(18)28(37)33(25)23-12-6-4-10-21(23)27(32)36/h1-12,17,25H,13-16H2,(H,29,34)/t25-/m0/s1. The summed E-state index contributed by atoms with van der Waals surface area (Å²) in [4.78, 5) is 59.5. The number of fused-ring (bicyclic) bond motifs is 6. The second-order valence-electron chi connectivity index (χ2n) is 9.01. The van der Waals surface area contributed by atoms with Gasteiger partial charge in [-0.15, -0.1) is 0 Å². The summed E-state index contributed by atoms with van der Waals surface area (Å²) in [6, 6.07) is 21.4. The van der Waals surface area contributed by atoms with Crippen molar-refractivity contribution in [3.63, 3.8) is 0 Å². The van der Waals surface area contributed by atoms with E-state index in [2.05, 4.69) is 10.3 Å². The average Bonchev–Trinajstić information content (AvgIpc) is 3.22. The Balaban J connectivity index is 1.16. The molecule has 1 N–H and O–H groups in total. The van der Waals surface area contributed by atoms with Gasteiger partial charge in [-0.25, -0.2) is 4.98 Å². The molecule has 0 aliphatic carbocycles. The van der Waals surface area contributed by atoms with Gasteiger partial charge in [-0.2, -0.15) is 0 Å². The van der Waals surface area contributed by atoms with Crippen molar-refractivity contribution in [1.82, 2.24) is 19.8 Å². The van der Waals surface area contributed by atoms with Crippen molar-refractivity contribution < 1.29 is 14.4 Å². The summed E-state index contributed by atoms with van der Waals surface area (Å²) in [5.41, 5.74) is 2.78. The summed E-state index contributed by atoms with van der Waals surface area (Å²) in [6.45, 7) is 0.655. The highest BCUT2D eigenvalue weighted by atomic mass is 16.2. The first-order valence-electron chi connectivity index (χ1n) is 12.1. The van der Waals surface area contributed by atoms with E-state index in [4.69, 9.17) is 0 Å². The number of rotatable bonds is 6. The van der Waals surface area contributed by atoms with E-state index >= 15 is 0 Å². The van der Waals surface area contributed by atoms with Crippen LogP contribution in [0.5, 0.6) is 0 Å². The maximum atomic E-state index is 13.4. The average molecular weight is 494 g/mol. The molecule has 0 saturated heterocycles. The van der Waals surface area contributed by atoms with Crippen molar-refractivity contribution in [2.75, 3.05) is 18.0 Å². The van der Waals surface area contributed by atoms with Crippen molar-refractivity contribution in [3.05, 3.63) is 106 Å².